The SMILES string of the molecule is N#Cc1cccc(-n2ccc(=O)c(Cc3cccc(NC(=O)O)c3)n2)c1. The highest BCUT2D eigenvalue weighted by molar-refractivity contribution is 5.82. The van der Waals surface area contributed by atoms with Gasteiger partial charge in [-0.25, -0.2) is 9.48 Å². The lowest BCUT2D eigenvalue weighted by atomic mass is 10.1. The van der Waals surface area contributed by atoms with E-state index in [0.717, 1.165) is 5.56 Å². The molecule has 0 fully saturated rings. The highest BCUT2D eigenvalue weighted by atomic mass is 16.4. The predicted molar refractivity (Wildman–Crippen MR) is 95.4 cm³/mol. The number of nitrogens with one attached hydrogen (secondary N) is 1. The van der Waals surface area contributed by atoms with Crippen LogP contribution in [-0.4, -0.2) is 21.0 Å². The molecule has 0 bridgehead atoms. The molecule has 0 saturated carbocycles. The number of anilines is 1. The summed E-state index contributed by atoms with van der Waals surface area (Å²) in [4.78, 5) is 22.9. The Morgan fingerprint density at radius 1 is 1.19 bits per heavy atom. The van der Waals surface area contributed by atoms with Crippen LogP contribution in [0.4, 0.5) is 10.5 Å². The summed E-state index contributed by atoms with van der Waals surface area (Å²) in [6.07, 6.45) is 0.650. The van der Waals surface area contributed by atoms with Crippen LogP contribution in [-0.2, 0) is 6.42 Å². The van der Waals surface area contributed by atoms with Gasteiger partial charge in [-0.3, -0.25) is 10.1 Å². The molecule has 0 saturated heterocycles. The van der Waals surface area contributed by atoms with Crippen LogP contribution >= 0.6 is 0 Å². The Kier molecular flexibility index (Phi) is 4.76. The molecule has 0 atom stereocenters. The zero-order valence-electron chi connectivity index (χ0n) is 13.6. The summed E-state index contributed by atoms with van der Waals surface area (Å²) in [7, 11) is 0. The average molecular weight is 346 g/mol. The Balaban J connectivity index is 1.92. The number of hydrogen-bond acceptors (Lipinski definition) is 4. The molecule has 7 heteroatoms. The maximum absolute atomic E-state index is 12.2. The number of benzene rings is 2. The molecule has 2 aromatic carbocycles. The van der Waals surface area contributed by atoms with Crippen LogP contribution in [0, 0.1) is 11.3 Å². The Bertz CT molecular complexity index is 1070. The van der Waals surface area contributed by atoms with E-state index < -0.39 is 6.09 Å². The molecule has 0 spiro atoms. The number of rotatable bonds is 4. The average Bonchev–Trinajstić information content (AvgIpc) is 2.63. The van der Waals surface area contributed by atoms with Gasteiger partial charge in [-0.1, -0.05) is 18.2 Å². The first-order valence-electron chi connectivity index (χ1n) is 7.73. The third kappa shape index (κ3) is 3.94. The van der Waals surface area contributed by atoms with E-state index >= 15 is 0 Å². The first-order valence-corrected chi connectivity index (χ1v) is 7.73. The summed E-state index contributed by atoms with van der Waals surface area (Å²) in [5, 5.41) is 24.5. The van der Waals surface area contributed by atoms with Gasteiger partial charge in [0.15, 0.2) is 0 Å². The van der Waals surface area contributed by atoms with Gasteiger partial charge < -0.3 is 5.11 Å². The number of nitriles is 1. The van der Waals surface area contributed by atoms with Gasteiger partial charge in [0.05, 0.1) is 17.3 Å². The van der Waals surface area contributed by atoms with Crippen LogP contribution in [0.3, 0.4) is 0 Å². The lowest BCUT2D eigenvalue weighted by Crippen LogP contribution is -2.16. The van der Waals surface area contributed by atoms with Crippen molar-refractivity contribution in [2.24, 2.45) is 0 Å². The van der Waals surface area contributed by atoms with E-state index in [1.807, 2.05) is 0 Å². The van der Waals surface area contributed by atoms with Crippen LogP contribution in [0.1, 0.15) is 16.8 Å². The van der Waals surface area contributed by atoms with E-state index in [1.54, 1.807) is 54.7 Å². The molecule has 26 heavy (non-hydrogen) atoms. The Morgan fingerprint density at radius 3 is 2.77 bits per heavy atom. The molecule has 1 heterocycles. The Labute approximate surface area is 148 Å². The van der Waals surface area contributed by atoms with Gasteiger partial charge in [0, 0.05) is 24.4 Å². The lowest BCUT2D eigenvalue weighted by Gasteiger charge is -2.08. The third-order valence-electron chi connectivity index (χ3n) is 3.67. The van der Waals surface area contributed by atoms with E-state index in [4.69, 9.17) is 10.4 Å². The highest BCUT2D eigenvalue weighted by Gasteiger charge is 2.07. The van der Waals surface area contributed by atoms with Crippen molar-refractivity contribution in [3.8, 4) is 11.8 Å². The Hall–Kier alpha value is -3.92. The lowest BCUT2D eigenvalue weighted by molar-refractivity contribution is 0.210. The topological polar surface area (TPSA) is 108 Å². The molecule has 1 aromatic heterocycles. The molecule has 2 N–H and O–H groups in total. The zero-order chi connectivity index (χ0) is 18.5. The number of nitrogens with zero attached hydrogens (tertiary/aromatic N) is 3. The van der Waals surface area contributed by atoms with Crippen molar-refractivity contribution in [3.63, 3.8) is 0 Å². The third-order valence-corrected chi connectivity index (χ3v) is 3.67. The molecule has 1 amide bonds. The van der Waals surface area contributed by atoms with E-state index in [1.165, 1.54) is 10.7 Å². The summed E-state index contributed by atoms with van der Waals surface area (Å²) in [5.74, 6) is 0. The van der Waals surface area contributed by atoms with E-state index in [-0.39, 0.29) is 11.8 Å². The number of carbonyl (C=O) groups is 1. The normalized spacial score (nSPS) is 10.1. The van der Waals surface area contributed by atoms with Gasteiger partial charge in [0.2, 0.25) is 5.43 Å². The van der Waals surface area contributed by atoms with Crippen molar-refractivity contribution in [1.29, 1.82) is 5.26 Å². The number of amides is 1. The monoisotopic (exact) mass is 346 g/mol. The quantitative estimate of drug-likeness (QED) is 0.755. The molecule has 3 rings (SSSR count). The maximum Gasteiger partial charge on any atom is 0.409 e. The predicted octanol–water partition coefficient (Wildman–Crippen LogP) is 2.78. The summed E-state index contributed by atoms with van der Waals surface area (Å²) in [6, 6.07) is 17.2. The van der Waals surface area contributed by atoms with Crippen molar-refractivity contribution < 1.29 is 9.90 Å². The zero-order valence-corrected chi connectivity index (χ0v) is 13.6. The standard InChI is InChI=1S/C19H14N4O3/c20-12-14-4-2-6-16(10-14)23-8-7-18(24)17(22-23)11-13-3-1-5-15(9-13)21-19(25)26/h1-10,21H,11H2,(H,25,26). The van der Waals surface area contributed by atoms with Crippen LogP contribution in [0.2, 0.25) is 0 Å². The maximum atomic E-state index is 12.2. The van der Waals surface area contributed by atoms with Crippen molar-refractivity contribution >= 4 is 11.8 Å². The summed E-state index contributed by atoms with van der Waals surface area (Å²) < 4.78 is 1.54. The van der Waals surface area contributed by atoms with E-state index in [0.29, 0.717) is 22.6 Å². The minimum absolute atomic E-state index is 0.214. The molecule has 128 valence electrons. The van der Waals surface area contributed by atoms with Gasteiger partial charge in [-0.05, 0) is 35.9 Å². The molecule has 0 aliphatic carbocycles. The second kappa shape index (κ2) is 7.32. The fourth-order valence-corrected chi connectivity index (χ4v) is 2.51. The fraction of sp³-hybridized carbons (Fsp3) is 0.0526. The molecule has 0 aliphatic heterocycles. The van der Waals surface area contributed by atoms with E-state index in [2.05, 4.69) is 16.5 Å². The first kappa shape index (κ1) is 16.9. The van der Waals surface area contributed by atoms with Gasteiger partial charge >= 0.3 is 6.09 Å². The highest BCUT2D eigenvalue weighted by Crippen LogP contribution is 2.13. The van der Waals surface area contributed by atoms with Crippen molar-refractivity contribution in [2.75, 3.05) is 5.32 Å². The number of aromatic nitrogens is 2. The minimum atomic E-state index is -1.15. The molecule has 0 unspecified atom stereocenters. The first-order chi connectivity index (χ1) is 12.5. The fourth-order valence-electron chi connectivity index (χ4n) is 2.51. The Morgan fingerprint density at radius 2 is 2.00 bits per heavy atom. The largest absolute Gasteiger partial charge is 0.465 e. The van der Waals surface area contributed by atoms with Gasteiger partial charge in [-0.2, -0.15) is 10.4 Å². The molecule has 0 radical (unpaired) electrons. The second-order valence-electron chi connectivity index (χ2n) is 5.54. The van der Waals surface area contributed by atoms with E-state index in [9.17, 15) is 9.59 Å². The second-order valence-corrected chi connectivity index (χ2v) is 5.54. The molecular formula is C19H14N4O3. The van der Waals surface area contributed by atoms with Crippen molar-refractivity contribution in [3.05, 3.63) is 87.8 Å². The van der Waals surface area contributed by atoms with Gasteiger partial charge in [0.25, 0.3) is 0 Å². The number of hydrogen-bond donors (Lipinski definition) is 2. The summed E-state index contributed by atoms with van der Waals surface area (Å²) in [6.45, 7) is 0. The number of carboxylic acid groups (broad SMARTS) is 1. The molecular weight excluding hydrogens is 332 g/mol. The van der Waals surface area contributed by atoms with Crippen LogP contribution in [0.25, 0.3) is 5.69 Å². The smallest absolute Gasteiger partial charge is 0.409 e. The van der Waals surface area contributed by atoms with Gasteiger partial charge in [0.1, 0.15) is 5.69 Å². The van der Waals surface area contributed by atoms with Crippen molar-refractivity contribution in [2.45, 2.75) is 6.42 Å². The van der Waals surface area contributed by atoms with Crippen LogP contribution < -0.4 is 10.7 Å². The minimum Gasteiger partial charge on any atom is -0.465 e. The van der Waals surface area contributed by atoms with Crippen molar-refractivity contribution in [1.82, 2.24) is 9.78 Å². The molecule has 0 aliphatic rings. The molecule has 7 nitrogen and oxygen atoms in total. The van der Waals surface area contributed by atoms with Crippen LogP contribution in [0.15, 0.2) is 65.6 Å². The van der Waals surface area contributed by atoms with Crippen LogP contribution in [0.5, 0.6) is 0 Å². The molecule has 3 aromatic rings. The summed E-state index contributed by atoms with van der Waals surface area (Å²) in [5.41, 5.74) is 2.46. The summed E-state index contributed by atoms with van der Waals surface area (Å²) >= 11 is 0. The van der Waals surface area contributed by atoms with Gasteiger partial charge in [-0.15, -0.1) is 0 Å².